The van der Waals surface area contributed by atoms with Gasteiger partial charge in [-0.2, -0.15) is 0 Å². The number of rotatable bonds is 5. The van der Waals surface area contributed by atoms with Gasteiger partial charge in [0.05, 0.1) is 5.02 Å². The van der Waals surface area contributed by atoms with E-state index in [1.54, 1.807) is 13.8 Å². The third-order valence-corrected chi connectivity index (χ3v) is 4.11. The molecule has 0 aliphatic carbocycles. The van der Waals surface area contributed by atoms with Gasteiger partial charge in [-0.25, -0.2) is 0 Å². The van der Waals surface area contributed by atoms with Gasteiger partial charge in [0.2, 0.25) is 5.91 Å². The van der Waals surface area contributed by atoms with Crippen LogP contribution in [0.25, 0.3) is 0 Å². The van der Waals surface area contributed by atoms with E-state index < -0.39 is 40.4 Å². The number of primary amides is 1. The van der Waals surface area contributed by atoms with E-state index in [9.17, 15) is 22.8 Å². The average Bonchev–Trinajstić information content (AvgIpc) is 2.48. The summed E-state index contributed by atoms with van der Waals surface area (Å²) in [5.41, 5.74) is 3.93. The standard InChI is InChI=1S/C16H16ClF3N2O3/c1-5-13(23)22(15(4,9(2)3)14(21)24)10-6-7-12(11(17)8-10)25-16(18,19)20/h1,6-9H,2-4H3,(H2,21,24). The molecule has 0 fully saturated rings. The Morgan fingerprint density at radius 1 is 1.36 bits per heavy atom. The molecule has 0 aliphatic rings. The molecule has 9 heteroatoms. The van der Waals surface area contributed by atoms with Crippen molar-refractivity contribution in [1.82, 2.24) is 0 Å². The van der Waals surface area contributed by atoms with Gasteiger partial charge in [0, 0.05) is 5.69 Å². The maximum atomic E-state index is 12.3. The van der Waals surface area contributed by atoms with Crippen LogP contribution in [0, 0.1) is 18.3 Å². The van der Waals surface area contributed by atoms with Crippen LogP contribution in [0.5, 0.6) is 5.75 Å². The second kappa shape index (κ2) is 7.23. The van der Waals surface area contributed by atoms with Crippen LogP contribution >= 0.6 is 11.6 Å². The zero-order valence-corrected chi connectivity index (χ0v) is 14.4. The largest absolute Gasteiger partial charge is 0.573 e. The number of nitrogens with zero attached hydrogens (tertiary/aromatic N) is 1. The van der Waals surface area contributed by atoms with Gasteiger partial charge in [0.1, 0.15) is 11.3 Å². The molecule has 25 heavy (non-hydrogen) atoms. The fraction of sp³-hybridized carbons (Fsp3) is 0.375. The number of terminal acetylenes is 1. The third-order valence-electron chi connectivity index (χ3n) is 3.81. The fourth-order valence-electron chi connectivity index (χ4n) is 2.15. The molecule has 0 heterocycles. The van der Waals surface area contributed by atoms with Gasteiger partial charge >= 0.3 is 12.3 Å². The predicted molar refractivity (Wildman–Crippen MR) is 86.9 cm³/mol. The lowest BCUT2D eigenvalue weighted by Crippen LogP contribution is -2.61. The minimum absolute atomic E-state index is 0.0116. The van der Waals surface area contributed by atoms with Gasteiger partial charge < -0.3 is 10.5 Å². The van der Waals surface area contributed by atoms with Crippen molar-refractivity contribution in [3.63, 3.8) is 0 Å². The smallest absolute Gasteiger partial charge is 0.404 e. The number of carbonyl (C=O) groups excluding carboxylic acids is 2. The Hall–Kier alpha value is -2.40. The second-order valence-electron chi connectivity index (χ2n) is 5.61. The lowest BCUT2D eigenvalue weighted by molar-refractivity contribution is -0.274. The number of halogens is 4. The summed E-state index contributed by atoms with van der Waals surface area (Å²) >= 11 is 5.81. The van der Waals surface area contributed by atoms with E-state index in [0.29, 0.717) is 0 Å². The van der Waals surface area contributed by atoms with E-state index in [0.717, 1.165) is 23.1 Å². The number of ether oxygens (including phenoxy) is 1. The zero-order chi connectivity index (χ0) is 19.6. The van der Waals surface area contributed by atoms with Crippen LogP contribution in [0.4, 0.5) is 18.9 Å². The van der Waals surface area contributed by atoms with Gasteiger partial charge in [-0.3, -0.25) is 14.5 Å². The molecule has 0 bridgehead atoms. The van der Waals surface area contributed by atoms with Crippen molar-refractivity contribution in [3.8, 4) is 18.1 Å². The van der Waals surface area contributed by atoms with Crippen molar-refractivity contribution < 1.29 is 27.5 Å². The third kappa shape index (κ3) is 4.37. The summed E-state index contributed by atoms with van der Waals surface area (Å²) in [5, 5.41) is -0.416. The molecular weight excluding hydrogens is 361 g/mol. The van der Waals surface area contributed by atoms with E-state index in [1.165, 1.54) is 6.92 Å². The lowest BCUT2D eigenvalue weighted by atomic mass is 9.85. The van der Waals surface area contributed by atoms with E-state index >= 15 is 0 Å². The van der Waals surface area contributed by atoms with E-state index in [1.807, 2.05) is 5.92 Å². The molecule has 0 spiro atoms. The summed E-state index contributed by atoms with van der Waals surface area (Å²) in [4.78, 5) is 25.1. The molecule has 1 aromatic rings. The molecule has 0 saturated heterocycles. The molecule has 136 valence electrons. The van der Waals surface area contributed by atoms with Crippen LogP contribution in [0.2, 0.25) is 5.02 Å². The Kier molecular flexibility index (Phi) is 5.97. The lowest BCUT2D eigenvalue weighted by Gasteiger charge is -2.40. The maximum Gasteiger partial charge on any atom is 0.573 e. The highest BCUT2D eigenvalue weighted by molar-refractivity contribution is 6.32. The van der Waals surface area contributed by atoms with Crippen LogP contribution in [0.15, 0.2) is 18.2 Å². The summed E-state index contributed by atoms with van der Waals surface area (Å²) in [6.45, 7) is 4.69. The highest BCUT2D eigenvalue weighted by atomic mass is 35.5. The molecular formula is C16H16ClF3N2O3. The fourth-order valence-corrected chi connectivity index (χ4v) is 2.36. The van der Waals surface area contributed by atoms with Crippen molar-refractivity contribution in [1.29, 1.82) is 0 Å². The average molecular weight is 377 g/mol. The zero-order valence-electron chi connectivity index (χ0n) is 13.6. The second-order valence-corrected chi connectivity index (χ2v) is 6.02. The van der Waals surface area contributed by atoms with Gasteiger partial charge in [0.15, 0.2) is 0 Å². The Morgan fingerprint density at radius 2 is 1.92 bits per heavy atom. The summed E-state index contributed by atoms with van der Waals surface area (Å²) in [6.07, 6.45) is 0.227. The summed E-state index contributed by atoms with van der Waals surface area (Å²) < 4.78 is 40.8. The Morgan fingerprint density at radius 3 is 2.28 bits per heavy atom. The van der Waals surface area contributed by atoms with Crippen molar-refractivity contribution in [2.24, 2.45) is 11.7 Å². The van der Waals surface area contributed by atoms with Crippen LogP contribution < -0.4 is 15.4 Å². The molecule has 1 aromatic carbocycles. The van der Waals surface area contributed by atoms with Crippen LogP contribution in [-0.4, -0.2) is 23.7 Å². The van der Waals surface area contributed by atoms with Crippen LogP contribution in [-0.2, 0) is 9.59 Å². The topological polar surface area (TPSA) is 72.6 Å². The number of carbonyl (C=O) groups is 2. The van der Waals surface area contributed by atoms with E-state index in [4.69, 9.17) is 23.8 Å². The quantitative estimate of drug-likeness (QED) is 0.802. The van der Waals surface area contributed by atoms with E-state index in [-0.39, 0.29) is 5.69 Å². The summed E-state index contributed by atoms with van der Waals surface area (Å²) in [7, 11) is 0. The highest BCUT2D eigenvalue weighted by Crippen LogP contribution is 2.37. The summed E-state index contributed by atoms with van der Waals surface area (Å²) in [6, 6.07) is 3.09. The number of hydrogen-bond donors (Lipinski definition) is 1. The Labute approximate surface area is 147 Å². The normalized spacial score (nSPS) is 13.7. The van der Waals surface area contributed by atoms with Gasteiger partial charge in [-0.15, -0.1) is 19.6 Å². The van der Waals surface area contributed by atoms with Gasteiger partial charge in [-0.1, -0.05) is 25.4 Å². The molecule has 1 unspecified atom stereocenters. The van der Waals surface area contributed by atoms with Crippen molar-refractivity contribution in [3.05, 3.63) is 23.2 Å². The molecule has 1 rings (SSSR count). The van der Waals surface area contributed by atoms with E-state index in [2.05, 4.69) is 4.74 Å². The number of anilines is 1. The number of nitrogens with two attached hydrogens (primary N) is 1. The minimum atomic E-state index is -4.93. The minimum Gasteiger partial charge on any atom is -0.404 e. The molecule has 0 radical (unpaired) electrons. The highest BCUT2D eigenvalue weighted by Gasteiger charge is 2.44. The number of hydrogen-bond acceptors (Lipinski definition) is 3. The first kappa shape index (κ1) is 20.6. The van der Waals surface area contributed by atoms with Crippen molar-refractivity contribution in [2.45, 2.75) is 32.7 Å². The monoisotopic (exact) mass is 376 g/mol. The first-order valence-electron chi connectivity index (χ1n) is 7.00. The number of benzene rings is 1. The maximum absolute atomic E-state index is 12.3. The molecule has 1 atom stereocenters. The molecule has 5 nitrogen and oxygen atoms in total. The molecule has 2 amide bonds. The number of amides is 2. The van der Waals surface area contributed by atoms with Gasteiger partial charge in [-0.05, 0) is 37.0 Å². The van der Waals surface area contributed by atoms with Crippen LogP contribution in [0.3, 0.4) is 0 Å². The predicted octanol–water partition coefficient (Wildman–Crippen LogP) is 3.10. The first-order chi connectivity index (χ1) is 11.3. The summed E-state index contributed by atoms with van der Waals surface area (Å²) in [5.74, 6) is -0.960. The van der Waals surface area contributed by atoms with Crippen molar-refractivity contribution >= 4 is 29.1 Å². The van der Waals surface area contributed by atoms with Crippen molar-refractivity contribution in [2.75, 3.05) is 4.90 Å². The molecule has 0 aliphatic heterocycles. The molecule has 2 N–H and O–H groups in total. The Balaban J connectivity index is 3.49. The number of alkyl halides is 3. The Bertz CT molecular complexity index is 728. The van der Waals surface area contributed by atoms with Crippen LogP contribution in [0.1, 0.15) is 20.8 Å². The molecule has 0 aromatic heterocycles. The molecule has 0 saturated carbocycles. The van der Waals surface area contributed by atoms with Gasteiger partial charge in [0.25, 0.3) is 0 Å². The first-order valence-corrected chi connectivity index (χ1v) is 7.38. The SMILES string of the molecule is C#CC(=O)N(c1ccc(OC(F)(F)F)c(Cl)c1)C(C)(C(N)=O)C(C)C.